The highest BCUT2D eigenvalue weighted by atomic mass is 127. The number of thioether (sulfide) groups is 1. The first-order chi connectivity index (χ1) is 16.2. The molecule has 174 valence electrons. The van der Waals surface area contributed by atoms with Crippen LogP contribution in [0.5, 0.6) is 5.75 Å². The van der Waals surface area contributed by atoms with E-state index in [-0.39, 0.29) is 5.91 Å². The Kier molecular flexibility index (Phi) is 8.74. The minimum Gasteiger partial charge on any atom is -0.487 e. The van der Waals surface area contributed by atoms with Gasteiger partial charge in [-0.2, -0.15) is 0 Å². The summed E-state index contributed by atoms with van der Waals surface area (Å²) in [6, 6.07) is 14.8. The number of carbonyl (C=O) groups excluding carboxylic acids is 1. The number of benzene rings is 3. The number of hydrogen-bond acceptors (Lipinski definition) is 4. The van der Waals surface area contributed by atoms with Crippen LogP contribution in [0.15, 0.2) is 58.4 Å². The number of amidine groups is 1. The number of nitrogens with one attached hydrogen (secondary N) is 1. The minimum atomic E-state index is -0.189. The lowest BCUT2D eigenvalue weighted by molar-refractivity contribution is -0.115. The molecule has 0 radical (unpaired) electrons. The maximum Gasteiger partial charge on any atom is 0.264 e. The zero-order valence-electron chi connectivity index (χ0n) is 17.5. The maximum absolute atomic E-state index is 12.5. The van der Waals surface area contributed by atoms with Crippen LogP contribution in [0.1, 0.15) is 16.7 Å². The second-order valence-electron chi connectivity index (χ2n) is 7.20. The number of carbonyl (C=O) groups is 1. The molecule has 0 aromatic heterocycles. The Hall–Kier alpha value is -0.980. The zero-order chi connectivity index (χ0) is 24.4. The Morgan fingerprint density at radius 3 is 2.50 bits per heavy atom. The molecule has 0 spiro atoms. The fourth-order valence-electron chi connectivity index (χ4n) is 3.05. The van der Waals surface area contributed by atoms with Gasteiger partial charge in [0.2, 0.25) is 0 Å². The van der Waals surface area contributed by atoms with E-state index in [1.807, 2.05) is 49.4 Å². The van der Waals surface area contributed by atoms with Gasteiger partial charge in [-0.1, -0.05) is 46.9 Å². The third-order valence-electron chi connectivity index (χ3n) is 4.82. The van der Waals surface area contributed by atoms with Gasteiger partial charge in [-0.15, -0.1) is 0 Å². The van der Waals surface area contributed by atoms with Crippen LogP contribution in [-0.2, 0) is 11.4 Å². The minimum absolute atomic E-state index is 0.189. The molecular weight excluding hydrogens is 741 g/mol. The zero-order valence-corrected chi connectivity index (χ0v) is 24.9. The summed E-state index contributed by atoms with van der Waals surface area (Å²) < 4.78 is 7.90. The van der Waals surface area contributed by atoms with Crippen LogP contribution in [0.2, 0.25) is 15.1 Å². The Labute approximate surface area is 243 Å². The lowest BCUT2D eigenvalue weighted by Gasteiger charge is -2.12. The molecule has 34 heavy (non-hydrogen) atoms. The summed E-state index contributed by atoms with van der Waals surface area (Å²) in [5.41, 5.74) is 3.33. The van der Waals surface area contributed by atoms with Crippen molar-refractivity contribution in [3.05, 3.63) is 92.3 Å². The SMILES string of the molecule is Cc1c(Cl)cccc1N=C1NC(=O)/C(=C\c2cc(I)c(OCc3ccc(Cl)cc3Cl)c(I)c2)S1. The number of halogens is 5. The Bertz CT molecular complexity index is 1340. The number of nitrogens with zero attached hydrogens (tertiary/aromatic N) is 1. The lowest BCUT2D eigenvalue weighted by atomic mass is 10.2. The van der Waals surface area contributed by atoms with Gasteiger partial charge in [-0.05, 0) is 117 Å². The molecule has 4 rings (SSSR count). The Balaban J connectivity index is 1.52. The average Bonchev–Trinajstić information content (AvgIpc) is 3.10. The molecule has 1 saturated heterocycles. The van der Waals surface area contributed by atoms with Gasteiger partial charge < -0.3 is 10.1 Å². The van der Waals surface area contributed by atoms with Crippen molar-refractivity contribution in [3.63, 3.8) is 0 Å². The third-order valence-corrected chi connectivity index (χ3v) is 8.33. The third kappa shape index (κ3) is 6.22. The second-order valence-corrected chi connectivity index (χ2v) is 11.8. The van der Waals surface area contributed by atoms with Gasteiger partial charge in [0.05, 0.1) is 17.7 Å². The van der Waals surface area contributed by atoms with Crippen LogP contribution in [0.3, 0.4) is 0 Å². The van der Waals surface area contributed by atoms with Crippen LogP contribution >= 0.6 is 91.7 Å². The van der Waals surface area contributed by atoms with E-state index in [1.54, 1.807) is 12.1 Å². The predicted octanol–water partition coefficient (Wildman–Crippen LogP) is 8.64. The molecule has 4 nitrogen and oxygen atoms in total. The van der Waals surface area contributed by atoms with Crippen LogP contribution < -0.4 is 10.1 Å². The summed E-state index contributed by atoms with van der Waals surface area (Å²) >= 11 is 24.2. The fraction of sp³-hybridized carbons (Fsp3) is 0.0833. The average molecular weight is 756 g/mol. The number of amides is 1. The van der Waals surface area contributed by atoms with Crippen molar-refractivity contribution in [2.45, 2.75) is 13.5 Å². The van der Waals surface area contributed by atoms with Crippen LogP contribution in [0.25, 0.3) is 6.08 Å². The molecule has 1 N–H and O–H groups in total. The molecule has 0 bridgehead atoms. The van der Waals surface area contributed by atoms with E-state index in [2.05, 4.69) is 55.5 Å². The summed E-state index contributed by atoms with van der Waals surface area (Å²) in [6.45, 7) is 2.22. The summed E-state index contributed by atoms with van der Waals surface area (Å²) in [4.78, 5) is 17.6. The molecule has 0 atom stereocenters. The topological polar surface area (TPSA) is 50.7 Å². The monoisotopic (exact) mass is 754 g/mol. The van der Waals surface area contributed by atoms with Crippen LogP contribution in [0.4, 0.5) is 5.69 Å². The number of hydrogen-bond donors (Lipinski definition) is 1. The van der Waals surface area contributed by atoms with E-state index in [4.69, 9.17) is 39.5 Å². The van der Waals surface area contributed by atoms with E-state index < -0.39 is 0 Å². The van der Waals surface area contributed by atoms with E-state index in [0.717, 1.165) is 35.3 Å². The fourth-order valence-corrected chi connectivity index (χ4v) is 6.64. The standard InChI is InChI=1S/C24H15Cl3I2N2O2S/c1-12-16(26)3-2-4-20(12)30-24-31-23(32)21(34-24)9-13-7-18(28)22(19(29)8-13)33-11-14-5-6-15(25)10-17(14)27/h2-10H,11H2,1H3,(H,30,31,32)/b21-9+. The quantitative estimate of drug-likeness (QED) is 0.210. The first kappa shape index (κ1) is 26.1. The molecule has 0 saturated carbocycles. The maximum atomic E-state index is 12.5. The molecule has 1 heterocycles. The summed E-state index contributed by atoms with van der Waals surface area (Å²) in [6.07, 6.45) is 1.84. The Morgan fingerprint density at radius 1 is 1.06 bits per heavy atom. The molecule has 1 aliphatic rings. The molecule has 3 aromatic rings. The highest BCUT2D eigenvalue weighted by Crippen LogP contribution is 2.34. The smallest absolute Gasteiger partial charge is 0.264 e. The van der Waals surface area contributed by atoms with Gasteiger partial charge in [-0.3, -0.25) is 4.79 Å². The van der Waals surface area contributed by atoms with Gasteiger partial charge in [-0.25, -0.2) is 4.99 Å². The van der Waals surface area contributed by atoms with Gasteiger partial charge >= 0.3 is 0 Å². The molecule has 3 aromatic carbocycles. The number of rotatable bonds is 5. The van der Waals surface area contributed by atoms with Crippen molar-refractivity contribution in [2.24, 2.45) is 4.99 Å². The molecule has 1 fully saturated rings. The molecule has 0 unspecified atom stereocenters. The number of aliphatic imine (C=N–C) groups is 1. The van der Waals surface area contributed by atoms with E-state index >= 15 is 0 Å². The highest BCUT2D eigenvalue weighted by molar-refractivity contribution is 14.1. The Morgan fingerprint density at radius 2 is 1.79 bits per heavy atom. The molecule has 1 amide bonds. The van der Waals surface area contributed by atoms with E-state index in [9.17, 15) is 4.79 Å². The van der Waals surface area contributed by atoms with E-state index in [0.29, 0.717) is 31.7 Å². The van der Waals surface area contributed by atoms with Crippen LogP contribution in [0, 0.1) is 14.1 Å². The molecular formula is C24H15Cl3I2N2O2S. The number of ether oxygens (including phenoxy) is 1. The largest absolute Gasteiger partial charge is 0.487 e. The van der Waals surface area contributed by atoms with Crippen molar-refractivity contribution in [1.82, 2.24) is 5.32 Å². The predicted molar refractivity (Wildman–Crippen MR) is 160 cm³/mol. The van der Waals surface area contributed by atoms with Crippen molar-refractivity contribution >= 4 is 115 Å². The van der Waals surface area contributed by atoms with Gasteiger partial charge in [0.15, 0.2) is 5.17 Å². The van der Waals surface area contributed by atoms with Gasteiger partial charge in [0.25, 0.3) is 5.91 Å². The molecule has 1 aliphatic heterocycles. The highest BCUT2D eigenvalue weighted by Gasteiger charge is 2.24. The lowest BCUT2D eigenvalue weighted by Crippen LogP contribution is -2.19. The second kappa shape index (κ2) is 11.4. The normalized spacial score (nSPS) is 15.8. The van der Waals surface area contributed by atoms with Crippen molar-refractivity contribution < 1.29 is 9.53 Å². The van der Waals surface area contributed by atoms with Gasteiger partial charge in [0.1, 0.15) is 12.4 Å². The van der Waals surface area contributed by atoms with Crippen LogP contribution in [-0.4, -0.2) is 11.1 Å². The van der Waals surface area contributed by atoms with Crippen molar-refractivity contribution in [1.29, 1.82) is 0 Å². The van der Waals surface area contributed by atoms with E-state index in [1.165, 1.54) is 11.8 Å². The molecule has 0 aliphatic carbocycles. The summed E-state index contributed by atoms with van der Waals surface area (Å²) in [5, 5.41) is 5.12. The summed E-state index contributed by atoms with van der Waals surface area (Å²) in [5.74, 6) is 0.572. The first-order valence-corrected chi connectivity index (χ1v) is 13.9. The van der Waals surface area contributed by atoms with Crippen molar-refractivity contribution in [2.75, 3.05) is 0 Å². The first-order valence-electron chi connectivity index (χ1n) is 9.81. The van der Waals surface area contributed by atoms with Crippen molar-refractivity contribution in [3.8, 4) is 5.75 Å². The molecule has 10 heteroatoms. The summed E-state index contributed by atoms with van der Waals surface area (Å²) in [7, 11) is 0. The van der Waals surface area contributed by atoms with Gasteiger partial charge in [0, 0.05) is 20.6 Å².